The Bertz CT molecular complexity index is 681. The predicted octanol–water partition coefficient (Wildman–Crippen LogP) is 2.59. The zero-order valence-electron chi connectivity index (χ0n) is 15.1. The minimum atomic E-state index is -0.0331. The van der Waals surface area contributed by atoms with Gasteiger partial charge in [-0.1, -0.05) is 18.2 Å². The van der Waals surface area contributed by atoms with Crippen molar-refractivity contribution in [2.75, 3.05) is 26.8 Å². The number of methoxy groups -OCH3 is 1. The summed E-state index contributed by atoms with van der Waals surface area (Å²) >= 11 is 0. The molecular weight excluding hydrogens is 332 g/mol. The zero-order valence-corrected chi connectivity index (χ0v) is 15.1. The van der Waals surface area contributed by atoms with Gasteiger partial charge in [0.1, 0.15) is 11.5 Å². The molecule has 3 rings (SSSR count). The lowest BCUT2D eigenvalue weighted by atomic mass is 10.1. The third kappa shape index (κ3) is 5.34. The zero-order chi connectivity index (χ0) is 18.2. The Labute approximate surface area is 154 Å². The third-order valence-corrected chi connectivity index (χ3v) is 4.48. The second-order valence-corrected chi connectivity index (χ2v) is 6.47. The van der Waals surface area contributed by atoms with Gasteiger partial charge in [0.2, 0.25) is 5.91 Å². The highest BCUT2D eigenvalue weighted by Crippen LogP contribution is 2.21. The van der Waals surface area contributed by atoms with Gasteiger partial charge in [0.25, 0.3) is 0 Å². The van der Waals surface area contributed by atoms with Crippen molar-refractivity contribution in [2.45, 2.75) is 32.0 Å². The van der Waals surface area contributed by atoms with Gasteiger partial charge in [-0.25, -0.2) is 0 Å². The van der Waals surface area contributed by atoms with Gasteiger partial charge in [0.15, 0.2) is 0 Å². The number of benzene rings is 1. The van der Waals surface area contributed by atoms with Crippen LogP contribution in [0, 0.1) is 0 Å². The molecule has 1 aliphatic heterocycles. The first kappa shape index (κ1) is 18.5. The summed E-state index contributed by atoms with van der Waals surface area (Å²) in [5.41, 5.74) is 1.06. The molecule has 1 atom stereocenters. The molecule has 1 fully saturated rings. The van der Waals surface area contributed by atoms with Crippen LogP contribution in [0.25, 0.3) is 0 Å². The SMILES string of the molecule is COc1ccccc1CN(CC(=O)NCc1ccco1)CC1CCCO1. The van der Waals surface area contributed by atoms with Crippen LogP contribution in [0.2, 0.25) is 0 Å². The molecule has 6 nitrogen and oxygen atoms in total. The first-order valence-electron chi connectivity index (χ1n) is 8.99. The van der Waals surface area contributed by atoms with E-state index in [9.17, 15) is 4.79 Å². The maximum absolute atomic E-state index is 12.4. The smallest absolute Gasteiger partial charge is 0.234 e. The molecule has 0 radical (unpaired) electrons. The molecule has 1 aromatic heterocycles. The number of ether oxygens (including phenoxy) is 2. The second kappa shape index (κ2) is 9.40. The Morgan fingerprint density at radius 1 is 1.31 bits per heavy atom. The molecule has 1 unspecified atom stereocenters. The average Bonchev–Trinajstić information content (AvgIpc) is 3.34. The Morgan fingerprint density at radius 3 is 2.92 bits per heavy atom. The van der Waals surface area contributed by atoms with Crippen LogP contribution >= 0.6 is 0 Å². The fourth-order valence-electron chi connectivity index (χ4n) is 3.19. The van der Waals surface area contributed by atoms with E-state index in [2.05, 4.69) is 10.2 Å². The molecule has 1 N–H and O–H groups in total. The van der Waals surface area contributed by atoms with Crippen LogP contribution in [0.3, 0.4) is 0 Å². The van der Waals surface area contributed by atoms with E-state index in [1.807, 2.05) is 36.4 Å². The van der Waals surface area contributed by atoms with E-state index in [1.165, 1.54) is 0 Å². The molecule has 1 aromatic carbocycles. The quantitative estimate of drug-likeness (QED) is 0.746. The third-order valence-electron chi connectivity index (χ3n) is 4.48. The molecule has 0 bridgehead atoms. The molecule has 1 amide bonds. The van der Waals surface area contributed by atoms with Crippen molar-refractivity contribution >= 4 is 5.91 Å². The van der Waals surface area contributed by atoms with Gasteiger partial charge >= 0.3 is 0 Å². The Hall–Kier alpha value is -2.31. The molecule has 0 aliphatic carbocycles. The van der Waals surface area contributed by atoms with Crippen molar-refractivity contribution in [3.63, 3.8) is 0 Å². The molecule has 6 heteroatoms. The lowest BCUT2D eigenvalue weighted by Gasteiger charge is -2.25. The molecule has 0 spiro atoms. The first-order chi connectivity index (χ1) is 12.7. The fraction of sp³-hybridized carbons (Fsp3) is 0.450. The van der Waals surface area contributed by atoms with Crippen LogP contribution < -0.4 is 10.1 Å². The number of nitrogens with zero attached hydrogens (tertiary/aromatic N) is 1. The van der Waals surface area contributed by atoms with E-state index in [-0.39, 0.29) is 12.0 Å². The highest BCUT2D eigenvalue weighted by Gasteiger charge is 2.22. The van der Waals surface area contributed by atoms with Crippen LogP contribution in [-0.2, 0) is 22.6 Å². The molecule has 1 saturated heterocycles. The van der Waals surface area contributed by atoms with Gasteiger partial charge in [-0.3, -0.25) is 9.69 Å². The van der Waals surface area contributed by atoms with Crippen LogP contribution in [0.4, 0.5) is 0 Å². The minimum absolute atomic E-state index is 0.0331. The van der Waals surface area contributed by atoms with Crippen molar-refractivity contribution in [3.8, 4) is 5.75 Å². The molecular formula is C20H26N2O4. The number of carbonyl (C=O) groups is 1. The first-order valence-corrected chi connectivity index (χ1v) is 8.99. The molecule has 140 valence electrons. The summed E-state index contributed by atoms with van der Waals surface area (Å²) < 4.78 is 16.5. The highest BCUT2D eigenvalue weighted by molar-refractivity contribution is 5.77. The second-order valence-electron chi connectivity index (χ2n) is 6.47. The number of para-hydroxylation sites is 1. The van der Waals surface area contributed by atoms with E-state index >= 15 is 0 Å². The number of carbonyl (C=O) groups excluding carboxylic acids is 1. The Kier molecular flexibility index (Phi) is 6.68. The van der Waals surface area contributed by atoms with Gasteiger partial charge in [-0.15, -0.1) is 0 Å². The van der Waals surface area contributed by atoms with Gasteiger partial charge in [-0.2, -0.15) is 0 Å². The van der Waals surface area contributed by atoms with Crippen molar-refractivity contribution in [1.29, 1.82) is 0 Å². The number of rotatable bonds is 9. The van der Waals surface area contributed by atoms with E-state index in [1.54, 1.807) is 13.4 Å². The molecule has 2 aromatic rings. The van der Waals surface area contributed by atoms with E-state index in [0.717, 1.165) is 43.1 Å². The Balaban J connectivity index is 1.61. The molecule has 0 saturated carbocycles. The van der Waals surface area contributed by atoms with Gasteiger partial charge < -0.3 is 19.2 Å². The van der Waals surface area contributed by atoms with E-state index in [4.69, 9.17) is 13.9 Å². The molecule has 26 heavy (non-hydrogen) atoms. The summed E-state index contributed by atoms with van der Waals surface area (Å²) in [7, 11) is 1.67. The minimum Gasteiger partial charge on any atom is -0.496 e. The van der Waals surface area contributed by atoms with Crippen molar-refractivity contribution in [3.05, 3.63) is 54.0 Å². The monoisotopic (exact) mass is 358 g/mol. The maximum atomic E-state index is 12.4. The van der Waals surface area contributed by atoms with Crippen molar-refractivity contribution < 1.29 is 18.7 Å². The maximum Gasteiger partial charge on any atom is 0.234 e. The van der Waals surface area contributed by atoms with Crippen LogP contribution in [0.5, 0.6) is 5.75 Å². The fourth-order valence-corrected chi connectivity index (χ4v) is 3.19. The van der Waals surface area contributed by atoms with Crippen LogP contribution in [0.1, 0.15) is 24.2 Å². The highest BCUT2D eigenvalue weighted by atomic mass is 16.5. The van der Waals surface area contributed by atoms with Crippen molar-refractivity contribution in [1.82, 2.24) is 10.2 Å². The van der Waals surface area contributed by atoms with E-state index in [0.29, 0.717) is 19.6 Å². The number of furan rings is 1. The number of hydrogen-bond donors (Lipinski definition) is 1. The summed E-state index contributed by atoms with van der Waals surface area (Å²) in [4.78, 5) is 14.5. The van der Waals surface area contributed by atoms with Gasteiger partial charge in [0.05, 0.1) is 32.6 Å². The van der Waals surface area contributed by atoms with Gasteiger partial charge in [-0.05, 0) is 31.0 Å². The Morgan fingerprint density at radius 2 is 2.19 bits per heavy atom. The average molecular weight is 358 g/mol. The normalized spacial score (nSPS) is 16.8. The van der Waals surface area contributed by atoms with Crippen molar-refractivity contribution in [2.24, 2.45) is 0 Å². The summed E-state index contributed by atoms with van der Waals surface area (Å²) in [5, 5.41) is 2.91. The lowest BCUT2D eigenvalue weighted by Crippen LogP contribution is -2.40. The number of hydrogen-bond acceptors (Lipinski definition) is 5. The number of amides is 1. The summed E-state index contributed by atoms with van der Waals surface area (Å²) in [5.74, 6) is 1.55. The summed E-state index contributed by atoms with van der Waals surface area (Å²) in [6.07, 6.45) is 3.91. The van der Waals surface area contributed by atoms with Gasteiger partial charge in [0, 0.05) is 25.3 Å². The predicted molar refractivity (Wildman–Crippen MR) is 97.8 cm³/mol. The van der Waals surface area contributed by atoms with Crippen LogP contribution in [-0.4, -0.2) is 43.7 Å². The topological polar surface area (TPSA) is 63.9 Å². The lowest BCUT2D eigenvalue weighted by molar-refractivity contribution is -0.123. The van der Waals surface area contributed by atoms with E-state index < -0.39 is 0 Å². The standard InChI is InChI=1S/C20H26N2O4/c1-24-19-9-3-2-6-16(19)13-22(14-18-8-5-11-26-18)15-20(23)21-12-17-7-4-10-25-17/h2-4,6-7,9-10,18H,5,8,11-15H2,1H3,(H,21,23). The van der Waals surface area contributed by atoms with Crippen LogP contribution in [0.15, 0.2) is 47.1 Å². The molecule has 1 aliphatic rings. The largest absolute Gasteiger partial charge is 0.496 e. The summed E-state index contributed by atoms with van der Waals surface area (Å²) in [6.45, 7) is 2.87. The molecule has 2 heterocycles. The summed E-state index contributed by atoms with van der Waals surface area (Å²) in [6, 6.07) is 11.6. The number of nitrogens with one attached hydrogen (secondary N) is 1.